The zero-order chi connectivity index (χ0) is 42.2. The molecule has 0 saturated heterocycles. The number of hydrogen-bond donors (Lipinski definition) is 0. The number of rotatable bonds is 7. The van der Waals surface area contributed by atoms with E-state index >= 15 is 0 Å². The van der Waals surface area contributed by atoms with Crippen LogP contribution in [0, 0.1) is 0 Å². The molecule has 0 fully saturated rings. The lowest BCUT2D eigenvalue weighted by Crippen LogP contribution is -2.28. The van der Waals surface area contributed by atoms with Crippen LogP contribution in [0.4, 0.5) is 17.1 Å². The molecule has 0 radical (unpaired) electrons. The van der Waals surface area contributed by atoms with Gasteiger partial charge >= 0.3 is 0 Å². The molecular weight excluding hydrogens is 795 g/mol. The third kappa shape index (κ3) is 5.51. The van der Waals surface area contributed by atoms with Crippen molar-refractivity contribution in [2.24, 2.45) is 0 Å². The molecule has 2 nitrogen and oxygen atoms in total. The van der Waals surface area contributed by atoms with E-state index in [9.17, 15) is 0 Å². The summed E-state index contributed by atoms with van der Waals surface area (Å²) >= 11 is 1.86. The lowest BCUT2D eigenvalue weighted by Gasteiger charge is -2.34. The fourth-order valence-corrected chi connectivity index (χ4v) is 11.7. The number of nitrogens with zero attached hydrogens (tertiary/aromatic N) is 1. The fourth-order valence-electron chi connectivity index (χ4n) is 10.6. The maximum Gasteiger partial charge on any atom is 0.143 e. The minimum absolute atomic E-state index is 0.507. The maximum atomic E-state index is 6.55. The van der Waals surface area contributed by atoms with Gasteiger partial charge in [-0.2, -0.15) is 0 Å². The van der Waals surface area contributed by atoms with Crippen LogP contribution in [0.2, 0.25) is 0 Å². The van der Waals surface area contributed by atoms with Crippen LogP contribution in [0.25, 0.3) is 75.5 Å². The van der Waals surface area contributed by atoms with Crippen molar-refractivity contribution in [3.63, 3.8) is 0 Å². The van der Waals surface area contributed by atoms with E-state index in [-0.39, 0.29) is 0 Å². The summed E-state index contributed by atoms with van der Waals surface area (Å²) in [5, 5.41) is 4.83. The summed E-state index contributed by atoms with van der Waals surface area (Å²) in [5.41, 5.74) is 16.8. The Balaban J connectivity index is 1.00. The highest BCUT2D eigenvalue weighted by molar-refractivity contribution is 7.25. The van der Waals surface area contributed by atoms with Gasteiger partial charge in [-0.15, -0.1) is 11.3 Å². The van der Waals surface area contributed by atoms with E-state index in [4.69, 9.17) is 4.42 Å². The van der Waals surface area contributed by atoms with Crippen LogP contribution < -0.4 is 4.90 Å². The molecule has 0 unspecified atom stereocenters. The van der Waals surface area contributed by atoms with Crippen LogP contribution in [0.15, 0.2) is 241 Å². The Morgan fingerprint density at radius 3 is 1.78 bits per heavy atom. The molecule has 1 aliphatic rings. The van der Waals surface area contributed by atoms with Gasteiger partial charge in [-0.1, -0.05) is 188 Å². The maximum absolute atomic E-state index is 6.55. The summed E-state index contributed by atoms with van der Waals surface area (Å²) in [5.74, 6) is 0. The molecule has 3 heteroatoms. The monoisotopic (exact) mass is 833 g/mol. The van der Waals surface area contributed by atoms with Crippen LogP contribution in [0.3, 0.4) is 0 Å². The van der Waals surface area contributed by atoms with Crippen molar-refractivity contribution in [2.75, 3.05) is 4.90 Å². The topological polar surface area (TPSA) is 16.4 Å². The molecule has 0 amide bonds. The van der Waals surface area contributed by atoms with Crippen molar-refractivity contribution in [1.82, 2.24) is 0 Å². The predicted octanol–water partition coefficient (Wildman–Crippen LogP) is 17.1. The number of hydrogen-bond acceptors (Lipinski definition) is 3. The van der Waals surface area contributed by atoms with E-state index in [2.05, 4.69) is 241 Å². The van der Waals surface area contributed by atoms with Gasteiger partial charge in [0.2, 0.25) is 0 Å². The summed E-state index contributed by atoms with van der Waals surface area (Å²) in [6.07, 6.45) is 0. The largest absolute Gasteiger partial charge is 0.455 e. The van der Waals surface area contributed by atoms with Gasteiger partial charge in [-0.25, -0.2) is 0 Å². The van der Waals surface area contributed by atoms with Gasteiger partial charge in [-0.05, 0) is 93.0 Å². The third-order valence-corrected chi connectivity index (χ3v) is 14.5. The zero-order valence-electron chi connectivity index (χ0n) is 34.8. The Hall–Kier alpha value is -7.98. The van der Waals surface area contributed by atoms with Crippen molar-refractivity contribution >= 4 is 70.5 Å². The Morgan fingerprint density at radius 2 is 0.984 bits per heavy atom. The van der Waals surface area contributed by atoms with Gasteiger partial charge in [0.15, 0.2) is 0 Å². The first-order chi connectivity index (χ1) is 31.7. The minimum atomic E-state index is -0.507. The number of benzene rings is 10. The second-order valence-corrected chi connectivity index (χ2v) is 17.8. The van der Waals surface area contributed by atoms with Gasteiger partial charge in [0.25, 0.3) is 0 Å². The van der Waals surface area contributed by atoms with E-state index in [1.165, 1.54) is 53.6 Å². The van der Waals surface area contributed by atoms with Gasteiger partial charge in [0.1, 0.15) is 11.2 Å². The average Bonchev–Trinajstić information content (AvgIpc) is 4.03. The Morgan fingerprint density at radius 1 is 0.375 bits per heavy atom. The molecule has 2 aromatic heterocycles. The Kier molecular flexibility index (Phi) is 8.34. The molecule has 0 aliphatic heterocycles. The summed E-state index contributed by atoms with van der Waals surface area (Å²) in [6, 6.07) is 86.5. The minimum Gasteiger partial charge on any atom is -0.455 e. The normalized spacial score (nSPS) is 12.8. The molecule has 12 aromatic rings. The first kappa shape index (κ1) is 36.7. The van der Waals surface area contributed by atoms with E-state index in [0.29, 0.717) is 0 Å². The molecule has 64 heavy (non-hydrogen) atoms. The highest BCUT2D eigenvalue weighted by Crippen LogP contribution is 2.59. The van der Waals surface area contributed by atoms with Gasteiger partial charge in [-0.3, -0.25) is 0 Å². The summed E-state index contributed by atoms with van der Waals surface area (Å²) in [6.45, 7) is 0. The molecule has 300 valence electrons. The molecule has 2 heterocycles. The number of furan rings is 1. The molecule has 1 aliphatic carbocycles. The lowest BCUT2D eigenvalue weighted by molar-refractivity contribution is 0.670. The number of para-hydroxylation sites is 1. The predicted molar refractivity (Wildman–Crippen MR) is 269 cm³/mol. The number of thiophene rings is 1. The second-order valence-electron chi connectivity index (χ2n) is 16.7. The van der Waals surface area contributed by atoms with Crippen LogP contribution in [0.5, 0.6) is 0 Å². The third-order valence-electron chi connectivity index (χ3n) is 13.4. The second kappa shape index (κ2) is 14.6. The molecule has 0 spiro atoms. The molecule has 0 saturated carbocycles. The average molecular weight is 834 g/mol. The van der Waals surface area contributed by atoms with Crippen LogP contribution >= 0.6 is 11.3 Å². The molecule has 0 N–H and O–H groups in total. The Labute approximate surface area is 375 Å². The van der Waals surface area contributed by atoms with Crippen molar-refractivity contribution in [3.05, 3.63) is 259 Å². The quantitative estimate of drug-likeness (QED) is 0.159. The SMILES string of the molecule is c1ccc(-c2cccc3c2oc2ccc(-c4ccc(N(c5ccc6c(c5)sc5ccccc56)c5cccc6c5-c5ccccc5C6(c5ccccc5)c5ccccc5)cc4)cc23)cc1. The van der Waals surface area contributed by atoms with Crippen molar-refractivity contribution in [1.29, 1.82) is 0 Å². The first-order valence-electron chi connectivity index (χ1n) is 21.9. The van der Waals surface area contributed by atoms with Crippen molar-refractivity contribution < 1.29 is 4.42 Å². The highest BCUT2D eigenvalue weighted by Gasteiger charge is 2.47. The van der Waals surface area contributed by atoms with Gasteiger partial charge in [0, 0.05) is 53.4 Å². The van der Waals surface area contributed by atoms with Crippen LogP contribution in [0.1, 0.15) is 22.3 Å². The smallest absolute Gasteiger partial charge is 0.143 e. The zero-order valence-corrected chi connectivity index (χ0v) is 35.6. The summed E-state index contributed by atoms with van der Waals surface area (Å²) in [7, 11) is 0. The van der Waals surface area contributed by atoms with Gasteiger partial charge < -0.3 is 9.32 Å². The van der Waals surface area contributed by atoms with E-state index in [1.54, 1.807) is 0 Å². The summed E-state index contributed by atoms with van der Waals surface area (Å²) in [4.78, 5) is 2.48. The fraction of sp³-hybridized carbons (Fsp3) is 0.0164. The molecule has 0 bridgehead atoms. The van der Waals surface area contributed by atoms with Crippen molar-refractivity contribution in [2.45, 2.75) is 5.41 Å². The van der Waals surface area contributed by atoms with Crippen LogP contribution in [-0.2, 0) is 5.41 Å². The highest BCUT2D eigenvalue weighted by atomic mass is 32.1. The molecule has 13 rings (SSSR count). The van der Waals surface area contributed by atoms with E-state index < -0.39 is 5.41 Å². The van der Waals surface area contributed by atoms with Crippen LogP contribution in [-0.4, -0.2) is 0 Å². The summed E-state index contributed by atoms with van der Waals surface area (Å²) < 4.78 is 9.12. The Bertz CT molecular complexity index is 3680. The number of fused-ring (bicyclic) bond motifs is 9. The standard InChI is InChI=1S/C61H39NOS/c1-4-16-41(17-5-1)47-24-14-25-50-52-38-42(32-37-56(52)63-60(47)50)40-30-33-45(34-31-40)62(46-35-36-49-48-22-11-13-29-57(48)64-58(49)39-46)55-28-15-27-54-59(55)51-23-10-12-26-53(51)61(54,43-18-6-2-7-19-43)44-20-8-3-9-21-44/h1-39H. The molecule has 0 atom stereocenters. The molecular formula is C61H39NOS. The van der Waals surface area contributed by atoms with Crippen molar-refractivity contribution in [3.8, 4) is 33.4 Å². The van der Waals surface area contributed by atoms with E-state index in [1.807, 2.05) is 11.3 Å². The lowest BCUT2D eigenvalue weighted by atomic mass is 9.68. The first-order valence-corrected chi connectivity index (χ1v) is 22.7. The van der Waals surface area contributed by atoms with E-state index in [0.717, 1.165) is 61.3 Å². The molecule has 10 aromatic carbocycles. The van der Waals surface area contributed by atoms with Gasteiger partial charge in [0.05, 0.1) is 11.1 Å². The number of anilines is 3.